The third-order valence-corrected chi connectivity index (χ3v) is 5.30. The monoisotopic (exact) mass is 335 g/mol. The summed E-state index contributed by atoms with van der Waals surface area (Å²) in [7, 11) is -1.07. The van der Waals surface area contributed by atoms with Crippen LogP contribution in [0.4, 0.5) is 10.5 Å². The molecule has 5 nitrogen and oxygen atoms in total. The summed E-state index contributed by atoms with van der Waals surface area (Å²) in [6, 6.07) is 6.79. The molecular formula is C15H17N3O2S2. The molecule has 1 aromatic carbocycles. The van der Waals surface area contributed by atoms with Crippen LogP contribution >= 0.6 is 11.3 Å². The highest BCUT2D eigenvalue weighted by Gasteiger charge is 2.35. The van der Waals surface area contributed by atoms with E-state index in [1.807, 2.05) is 5.38 Å². The minimum absolute atomic E-state index is 0.0245. The van der Waals surface area contributed by atoms with Crippen LogP contribution in [-0.4, -0.2) is 21.5 Å². The van der Waals surface area contributed by atoms with Crippen molar-refractivity contribution in [1.82, 2.24) is 10.3 Å². The highest BCUT2D eigenvalue weighted by atomic mass is 32.2. The normalized spacial score (nSPS) is 16.8. The first-order chi connectivity index (χ1) is 10.6. The predicted molar refractivity (Wildman–Crippen MR) is 88.5 cm³/mol. The Morgan fingerprint density at radius 2 is 2.27 bits per heavy atom. The maximum atomic E-state index is 12.2. The smallest absolute Gasteiger partial charge is 0.319 e. The molecule has 2 unspecified atom stereocenters. The number of amides is 2. The second-order valence-corrected chi connectivity index (χ2v) is 7.57. The topological polar surface area (TPSA) is 71.1 Å². The number of thiazole rings is 1. The van der Waals surface area contributed by atoms with Crippen LogP contribution in [0.5, 0.6) is 0 Å². The van der Waals surface area contributed by atoms with Gasteiger partial charge in [-0.15, -0.1) is 11.3 Å². The minimum atomic E-state index is -1.07. The molecule has 1 aromatic heterocycles. The number of nitrogens with one attached hydrogen (secondary N) is 2. The van der Waals surface area contributed by atoms with Crippen molar-refractivity contribution >= 4 is 33.9 Å². The summed E-state index contributed by atoms with van der Waals surface area (Å²) in [5, 5.41) is 8.67. The van der Waals surface area contributed by atoms with E-state index in [1.54, 1.807) is 48.1 Å². The van der Waals surface area contributed by atoms with Gasteiger partial charge in [-0.05, 0) is 37.0 Å². The summed E-state index contributed by atoms with van der Waals surface area (Å²) in [5.41, 5.74) is 0.638. The van der Waals surface area contributed by atoms with Crippen LogP contribution in [0.1, 0.15) is 23.9 Å². The Bertz CT molecular complexity index is 684. The first-order valence-electron chi connectivity index (χ1n) is 7.04. The van der Waals surface area contributed by atoms with E-state index in [2.05, 4.69) is 15.6 Å². The largest absolute Gasteiger partial charge is 0.328 e. The molecule has 3 rings (SSSR count). The van der Waals surface area contributed by atoms with E-state index in [0.717, 1.165) is 17.8 Å². The number of rotatable bonds is 5. The first-order valence-corrected chi connectivity index (χ1v) is 9.47. The molecule has 2 amide bonds. The molecule has 116 valence electrons. The van der Waals surface area contributed by atoms with Gasteiger partial charge in [0.1, 0.15) is 5.01 Å². The molecule has 0 aliphatic heterocycles. The van der Waals surface area contributed by atoms with Gasteiger partial charge in [0.05, 0.1) is 6.04 Å². The molecule has 2 aromatic rings. The van der Waals surface area contributed by atoms with Crippen molar-refractivity contribution in [2.24, 2.45) is 5.92 Å². The average Bonchev–Trinajstić information content (AvgIpc) is 3.19. The van der Waals surface area contributed by atoms with E-state index in [1.165, 1.54) is 0 Å². The molecule has 0 radical (unpaired) electrons. The number of aromatic nitrogens is 1. The lowest BCUT2D eigenvalue weighted by Gasteiger charge is -2.16. The van der Waals surface area contributed by atoms with Gasteiger partial charge >= 0.3 is 6.03 Å². The van der Waals surface area contributed by atoms with Gasteiger partial charge < -0.3 is 10.6 Å². The highest BCUT2D eigenvalue weighted by Crippen LogP contribution is 2.41. The number of hydrogen-bond donors (Lipinski definition) is 2. The Hall–Kier alpha value is -1.73. The van der Waals surface area contributed by atoms with Crippen molar-refractivity contribution in [2.75, 3.05) is 11.6 Å². The lowest BCUT2D eigenvalue weighted by atomic mass is 10.2. The Morgan fingerprint density at radius 1 is 1.45 bits per heavy atom. The molecule has 7 heteroatoms. The van der Waals surface area contributed by atoms with Crippen molar-refractivity contribution in [1.29, 1.82) is 0 Å². The van der Waals surface area contributed by atoms with Crippen LogP contribution in [0.25, 0.3) is 0 Å². The fourth-order valence-corrected chi connectivity index (χ4v) is 3.60. The quantitative estimate of drug-likeness (QED) is 0.882. The number of hydrogen-bond acceptors (Lipinski definition) is 4. The van der Waals surface area contributed by atoms with Crippen LogP contribution in [0.15, 0.2) is 40.7 Å². The summed E-state index contributed by atoms with van der Waals surface area (Å²) < 4.78 is 11.5. The molecule has 2 atom stereocenters. The number of urea groups is 1. The summed E-state index contributed by atoms with van der Waals surface area (Å²) in [4.78, 5) is 17.2. The van der Waals surface area contributed by atoms with E-state index < -0.39 is 10.8 Å². The van der Waals surface area contributed by atoms with Gasteiger partial charge in [0.25, 0.3) is 0 Å². The van der Waals surface area contributed by atoms with Crippen LogP contribution in [-0.2, 0) is 10.8 Å². The second kappa shape index (κ2) is 6.58. The van der Waals surface area contributed by atoms with Crippen LogP contribution in [0.3, 0.4) is 0 Å². The molecule has 22 heavy (non-hydrogen) atoms. The lowest BCUT2D eigenvalue weighted by Crippen LogP contribution is -2.33. The van der Waals surface area contributed by atoms with Gasteiger partial charge in [0.15, 0.2) is 0 Å². The molecule has 0 spiro atoms. The number of carbonyl (C=O) groups excluding carboxylic acids is 1. The fraction of sp³-hybridized carbons (Fsp3) is 0.333. The Morgan fingerprint density at radius 3 is 2.91 bits per heavy atom. The van der Waals surface area contributed by atoms with Gasteiger partial charge in [0, 0.05) is 39.2 Å². The molecule has 1 aliphatic rings. The summed E-state index contributed by atoms with van der Waals surface area (Å²) in [6.07, 6.45) is 5.61. The van der Waals surface area contributed by atoms with Crippen LogP contribution in [0.2, 0.25) is 0 Å². The Labute approximate surface area is 135 Å². The molecule has 2 N–H and O–H groups in total. The van der Waals surface area contributed by atoms with E-state index >= 15 is 0 Å². The molecule has 1 saturated carbocycles. The van der Waals surface area contributed by atoms with Crippen molar-refractivity contribution < 1.29 is 9.00 Å². The number of anilines is 1. The zero-order chi connectivity index (χ0) is 15.5. The standard InChI is InChI=1S/C15H17N3O2S2/c1-22(20)12-4-2-3-11(9-12)17-15(19)18-13(10-5-6-10)14-16-7-8-21-14/h2-4,7-10,13H,5-6H2,1H3,(H2,17,18,19). The third kappa shape index (κ3) is 3.72. The zero-order valence-corrected chi connectivity index (χ0v) is 13.7. The van der Waals surface area contributed by atoms with Crippen molar-refractivity contribution in [3.05, 3.63) is 40.8 Å². The molecule has 1 fully saturated rings. The molecule has 0 saturated heterocycles. The predicted octanol–water partition coefficient (Wildman–Crippen LogP) is 3.15. The van der Waals surface area contributed by atoms with E-state index in [0.29, 0.717) is 16.5 Å². The Balaban J connectivity index is 1.66. The molecule has 1 aliphatic carbocycles. The van der Waals surface area contributed by atoms with E-state index in [4.69, 9.17) is 0 Å². The van der Waals surface area contributed by atoms with Gasteiger partial charge in [-0.3, -0.25) is 4.21 Å². The molecule has 1 heterocycles. The van der Waals surface area contributed by atoms with Crippen molar-refractivity contribution in [3.8, 4) is 0 Å². The number of carbonyl (C=O) groups is 1. The SMILES string of the molecule is CS(=O)c1cccc(NC(=O)NC(c2nccs2)C2CC2)c1. The van der Waals surface area contributed by atoms with Gasteiger partial charge in [-0.1, -0.05) is 6.07 Å². The second-order valence-electron chi connectivity index (χ2n) is 5.27. The fourth-order valence-electron chi connectivity index (χ4n) is 2.26. The van der Waals surface area contributed by atoms with E-state index in [-0.39, 0.29) is 12.1 Å². The van der Waals surface area contributed by atoms with Crippen molar-refractivity contribution in [3.63, 3.8) is 0 Å². The zero-order valence-electron chi connectivity index (χ0n) is 12.1. The number of nitrogens with zero attached hydrogens (tertiary/aromatic N) is 1. The number of benzene rings is 1. The molecular weight excluding hydrogens is 318 g/mol. The van der Waals surface area contributed by atoms with Crippen molar-refractivity contribution in [2.45, 2.75) is 23.8 Å². The van der Waals surface area contributed by atoms with Gasteiger partial charge in [-0.25, -0.2) is 9.78 Å². The van der Waals surface area contributed by atoms with E-state index in [9.17, 15) is 9.00 Å². The minimum Gasteiger partial charge on any atom is -0.328 e. The van der Waals surface area contributed by atoms with Crippen LogP contribution in [0, 0.1) is 5.92 Å². The first kappa shape index (κ1) is 15.2. The van der Waals surface area contributed by atoms with Crippen LogP contribution < -0.4 is 10.6 Å². The van der Waals surface area contributed by atoms with Gasteiger partial charge in [0.2, 0.25) is 0 Å². The highest BCUT2D eigenvalue weighted by molar-refractivity contribution is 7.84. The van der Waals surface area contributed by atoms with Gasteiger partial charge in [-0.2, -0.15) is 0 Å². The summed E-state index contributed by atoms with van der Waals surface area (Å²) in [5.74, 6) is 0.478. The third-order valence-electron chi connectivity index (χ3n) is 3.52. The summed E-state index contributed by atoms with van der Waals surface area (Å²) >= 11 is 1.56. The lowest BCUT2D eigenvalue weighted by molar-refractivity contribution is 0.247. The summed E-state index contributed by atoms with van der Waals surface area (Å²) in [6.45, 7) is 0. The Kier molecular flexibility index (Phi) is 4.54. The molecule has 0 bridgehead atoms. The average molecular weight is 335 g/mol. The maximum absolute atomic E-state index is 12.2. The maximum Gasteiger partial charge on any atom is 0.319 e.